The molecule has 0 atom stereocenters. The number of anilines is 1. The fraction of sp³-hybridized carbons (Fsp3) is 0.238. The van der Waals surface area contributed by atoms with Crippen LogP contribution in [0.1, 0.15) is 19.3 Å². The van der Waals surface area contributed by atoms with Crippen LogP contribution in [-0.4, -0.2) is 36.2 Å². The van der Waals surface area contributed by atoms with Gasteiger partial charge in [-0.05, 0) is 54.7 Å². The number of rotatable bonds is 5. The third-order valence-electron chi connectivity index (χ3n) is 4.73. The number of likely N-dealkylation sites (N-methyl/N-ethyl adjacent to an activating group) is 1. The van der Waals surface area contributed by atoms with Gasteiger partial charge < -0.3 is 10.1 Å². The predicted octanol–water partition coefficient (Wildman–Crippen LogP) is 3.91. The smallest absolute Gasteiger partial charge is 0.273 e. The van der Waals surface area contributed by atoms with Crippen molar-refractivity contribution in [3.63, 3.8) is 0 Å². The van der Waals surface area contributed by atoms with Crippen LogP contribution in [0, 0.1) is 11.6 Å². The Hall–Kier alpha value is -3.26. The highest BCUT2D eigenvalue weighted by atomic mass is 19.1. The zero-order valence-electron chi connectivity index (χ0n) is 16.0. The highest BCUT2D eigenvalue weighted by molar-refractivity contribution is 6.10. The minimum absolute atomic E-state index is 0.117. The molecule has 0 aromatic heterocycles. The monoisotopic (exact) mass is 402 g/mol. The molecule has 6 nitrogen and oxygen atoms in total. The molecule has 2 N–H and O–H groups in total. The number of nitrogens with one attached hydrogen (secondary N) is 1. The van der Waals surface area contributed by atoms with Gasteiger partial charge in [0, 0.05) is 18.2 Å². The summed E-state index contributed by atoms with van der Waals surface area (Å²) in [4.78, 5) is 24.5. The Morgan fingerprint density at radius 1 is 1.07 bits per heavy atom. The lowest BCUT2D eigenvalue weighted by atomic mass is 10.0. The van der Waals surface area contributed by atoms with E-state index < -0.39 is 29.1 Å². The number of amides is 2. The van der Waals surface area contributed by atoms with Gasteiger partial charge in [-0.2, -0.15) is 0 Å². The second-order valence-corrected chi connectivity index (χ2v) is 6.64. The van der Waals surface area contributed by atoms with Crippen molar-refractivity contribution in [1.82, 2.24) is 5.06 Å². The van der Waals surface area contributed by atoms with E-state index >= 15 is 0 Å². The Balaban J connectivity index is 1.89. The largest absolute Gasteiger partial charge is 0.497 e. The normalized spacial score (nSPS) is 13.4. The van der Waals surface area contributed by atoms with Crippen molar-refractivity contribution < 1.29 is 28.3 Å². The molecular formula is C21H20F2N2O4. The summed E-state index contributed by atoms with van der Waals surface area (Å²) in [5.41, 5.74) is 0.505. The van der Waals surface area contributed by atoms with Crippen LogP contribution in [0.15, 0.2) is 47.5 Å². The van der Waals surface area contributed by atoms with E-state index in [0.717, 1.165) is 19.2 Å². The van der Waals surface area contributed by atoms with Gasteiger partial charge in [-0.1, -0.05) is 12.1 Å². The standard InChI is InChI=1S/C21H20F2N2O4/c1-25(28)21(27)16-8-4-7-15(16)20(26)24-19-17(22)10-13(11-18(19)23)12-5-3-6-14(9-12)29-2/h3,5-6,9-11,28H,4,7-8H2,1-2H3,(H,24,26). The fourth-order valence-corrected chi connectivity index (χ4v) is 3.28. The molecule has 3 rings (SSSR count). The molecule has 2 aromatic carbocycles. The second-order valence-electron chi connectivity index (χ2n) is 6.64. The quantitative estimate of drug-likeness (QED) is 0.587. The molecule has 1 aliphatic carbocycles. The number of nitrogens with zero attached hydrogens (tertiary/aromatic N) is 1. The Labute approximate surface area is 166 Å². The third kappa shape index (κ3) is 4.27. The van der Waals surface area contributed by atoms with Crippen LogP contribution in [0.2, 0.25) is 0 Å². The van der Waals surface area contributed by atoms with E-state index in [0.29, 0.717) is 29.2 Å². The summed E-state index contributed by atoms with van der Waals surface area (Å²) in [6.07, 6.45) is 1.13. The molecule has 0 fully saturated rings. The first-order valence-corrected chi connectivity index (χ1v) is 8.95. The summed E-state index contributed by atoms with van der Waals surface area (Å²) in [6, 6.07) is 8.96. The van der Waals surface area contributed by atoms with Gasteiger partial charge in [0.2, 0.25) is 0 Å². The molecule has 2 aromatic rings. The molecule has 1 aliphatic rings. The lowest BCUT2D eigenvalue weighted by Crippen LogP contribution is -2.26. The maximum Gasteiger partial charge on any atom is 0.273 e. The zero-order chi connectivity index (χ0) is 21.1. The second kappa shape index (κ2) is 8.40. The molecule has 0 radical (unpaired) electrons. The van der Waals surface area contributed by atoms with Gasteiger partial charge in [0.15, 0.2) is 0 Å². The number of carbonyl (C=O) groups is 2. The minimum atomic E-state index is -0.943. The molecule has 0 heterocycles. The molecule has 0 saturated heterocycles. The van der Waals surface area contributed by atoms with Crippen LogP contribution in [0.3, 0.4) is 0 Å². The summed E-state index contributed by atoms with van der Waals surface area (Å²) < 4.78 is 34.3. The van der Waals surface area contributed by atoms with Crippen molar-refractivity contribution >= 4 is 17.5 Å². The van der Waals surface area contributed by atoms with Crippen LogP contribution in [0.25, 0.3) is 11.1 Å². The molecule has 8 heteroatoms. The number of hydroxylamine groups is 2. The molecule has 0 saturated carbocycles. The highest BCUT2D eigenvalue weighted by Crippen LogP contribution is 2.32. The molecule has 0 unspecified atom stereocenters. The van der Waals surface area contributed by atoms with Gasteiger partial charge in [-0.25, -0.2) is 13.8 Å². The summed E-state index contributed by atoms with van der Waals surface area (Å²) in [7, 11) is 2.64. The molecule has 0 spiro atoms. The zero-order valence-corrected chi connectivity index (χ0v) is 16.0. The number of halogens is 2. The third-order valence-corrected chi connectivity index (χ3v) is 4.73. The average Bonchev–Trinajstić information content (AvgIpc) is 3.19. The Morgan fingerprint density at radius 3 is 2.34 bits per heavy atom. The van der Waals surface area contributed by atoms with E-state index in [2.05, 4.69) is 5.32 Å². The molecular weight excluding hydrogens is 382 g/mol. The van der Waals surface area contributed by atoms with Gasteiger partial charge in [-0.3, -0.25) is 14.8 Å². The fourth-order valence-electron chi connectivity index (χ4n) is 3.28. The highest BCUT2D eigenvalue weighted by Gasteiger charge is 2.28. The van der Waals surface area contributed by atoms with Crippen LogP contribution >= 0.6 is 0 Å². The lowest BCUT2D eigenvalue weighted by molar-refractivity contribution is -0.154. The number of hydrogen-bond donors (Lipinski definition) is 2. The van der Waals surface area contributed by atoms with Crippen molar-refractivity contribution in [2.75, 3.05) is 19.5 Å². The van der Waals surface area contributed by atoms with Gasteiger partial charge in [0.1, 0.15) is 23.1 Å². The molecule has 29 heavy (non-hydrogen) atoms. The van der Waals surface area contributed by atoms with Crippen LogP contribution in [-0.2, 0) is 9.59 Å². The van der Waals surface area contributed by atoms with Crippen molar-refractivity contribution in [2.45, 2.75) is 19.3 Å². The van der Waals surface area contributed by atoms with E-state index in [-0.39, 0.29) is 23.1 Å². The van der Waals surface area contributed by atoms with Gasteiger partial charge in [-0.15, -0.1) is 0 Å². The average molecular weight is 402 g/mol. The van der Waals surface area contributed by atoms with E-state index in [1.165, 1.54) is 7.11 Å². The van der Waals surface area contributed by atoms with Crippen molar-refractivity contribution in [3.05, 3.63) is 59.2 Å². The SMILES string of the molecule is COc1cccc(-c2cc(F)c(NC(=O)C3=C(C(=O)N(C)O)CCC3)c(F)c2)c1. The maximum absolute atomic E-state index is 14.6. The van der Waals surface area contributed by atoms with Crippen molar-refractivity contribution in [1.29, 1.82) is 0 Å². The number of hydrogen-bond acceptors (Lipinski definition) is 4. The van der Waals surface area contributed by atoms with E-state index in [4.69, 9.17) is 4.74 Å². The summed E-state index contributed by atoms with van der Waals surface area (Å²) >= 11 is 0. The molecule has 2 amide bonds. The van der Waals surface area contributed by atoms with Crippen molar-refractivity contribution in [3.8, 4) is 16.9 Å². The maximum atomic E-state index is 14.6. The number of carbonyl (C=O) groups excluding carboxylic acids is 2. The first-order valence-electron chi connectivity index (χ1n) is 8.95. The first kappa shape index (κ1) is 20.5. The number of ether oxygens (including phenoxy) is 1. The van der Waals surface area contributed by atoms with E-state index in [1.54, 1.807) is 24.3 Å². The predicted molar refractivity (Wildman–Crippen MR) is 102 cm³/mol. The molecule has 0 aliphatic heterocycles. The molecule has 0 bridgehead atoms. The summed E-state index contributed by atoms with van der Waals surface area (Å²) in [5.74, 6) is -2.81. The van der Waals surface area contributed by atoms with Crippen LogP contribution in [0.5, 0.6) is 5.75 Å². The van der Waals surface area contributed by atoms with Gasteiger partial charge in [0.05, 0.1) is 7.11 Å². The number of benzene rings is 2. The lowest BCUT2D eigenvalue weighted by Gasteiger charge is -2.13. The van der Waals surface area contributed by atoms with E-state index in [9.17, 15) is 23.6 Å². The van der Waals surface area contributed by atoms with Crippen LogP contribution in [0.4, 0.5) is 14.5 Å². The topological polar surface area (TPSA) is 78.9 Å². The van der Waals surface area contributed by atoms with Gasteiger partial charge >= 0.3 is 0 Å². The summed E-state index contributed by atoms with van der Waals surface area (Å²) in [5, 5.41) is 11.9. The van der Waals surface area contributed by atoms with Crippen LogP contribution < -0.4 is 10.1 Å². The molecule has 152 valence electrons. The number of methoxy groups -OCH3 is 1. The Morgan fingerprint density at radius 2 is 1.72 bits per heavy atom. The Bertz CT molecular complexity index is 979. The first-order chi connectivity index (χ1) is 13.8. The van der Waals surface area contributed by atoms with Crippen molar-refractivity contribution in [2.24, 2.45) is 0 Å². The van der Waals surface area contributed by atoms with Gasteiger partial charge in [0.25, 0.3) is 11.8 Å². The van der Waals surface area contributed by atoms with E-state index in [1.807, 2.05) is 0 Å². The minimum Gasteiger partial charge on any atom is -0.497 e. The summed E-state index contributed by atoms with van der Waals surface area (Å²) in [6.45, 7) is 0. The Kier molecular flexibility index (Phi) is 5.93.